The molecule has 0 aliphatic rings. The van der Waals surface area contributed by atoms with E-state index < -0.39 is 0 Å². The Morgan fingerprint density at radius 1 is 1.11 bits per heavy atom. The molecule has 56 valence electrons. The summed E-state index contributed by atoms with van der Waals surface area (Å²) in [4.78, 5) is 0. The van der Waals surface area contributed by atoms with Crippen molar-refractivity contribution in [2.75, 3.05) is 26.9 Å². The molecule has 0 amide bonds. The van der Waals surface area contributed by atoms with Crippen LogP contribution in [0.3, 0.4) is 0 Å². The van der Waals surface area contributed by atoms with Crippen LogP contribution >= 0.6 is 0 Å². The third kappa shape index (κ3) is 7.92. The average molecular weight is 132 g/mol. The minimum atomic E-state index is 0.809. The van der Waals surface area contributed by atoms with Crippen LogP contribution in [-0.4, -0.2) is 26.9 Å². The highest BCUT2D eigenvalue weighted by Gasteiger charge is 1.84. The van der Waals surface area contributed by atoms with E-state index in [0.29, 0.717) is 0 Å². The Hall–Kier alpha value is -0.0800. The molecule has 0 aromatic heterocycles. The highest BCUT2D eigenvalue weighted by Crippen LogP contribution is 1.84. The van der Waals surface area contributed by atoms with Crippen LogP contribution in [0.4, 0.5) is 0 Å². The first kappa shape index (κ1) is 8.92. The van der Waals surface area contributed by atoms with Gasteiger partial charge in [-0.05, 0) is 12.8 Å². The number of hydrogen-bond donors (Lipinski definition) is 0. The van der Waals surface area contributed by atoms with Crippen molar-refractivity contribution >= 4 is 0 Å². The molecule has 2 nitrogen and oxygen atoms in total. The van der Waals surface area contributed by atoms with E-state index in [1.165, 1.54) is 0 Å². The van der Waals surface area contributed by atoms with Gasteiger partial charge in [0.1, 0.15) is 0 Å². The Bertz CT molecular complexity index is 40.2. The van der Waals surface area contributed by atoms with Crippen molar-refractivity contribution < 1.29 is 9.47 Å². The van der Waals surface area contributed by atoms with Crippen molar-refractivity contribution in [1.82, 2.24) is 0 Å². The topological polar surface area (TPSA) is 18.5 Å². The molecule has 0 bridgehead atoms. The van der Waals surface area contributed by atoms with Gasteiger partial charge in [0.05, 0.1) is 0 Å². The van der Waals surface area contributed by atoms with Crippen LogP contribution in [0.2, 0.25) is 0 Å². The molecule has 9 heavy (non-hydrogen) atoms. The minimum Gasteiger partial charge on any atom is -0.385 e. The van der Waals surface area contributed by atoms with Gasteiger partial charge in [-0.3, -0.25) is 0 Å². The van der Waals surface area contributed by atoms with E-state index in [4.69, 9.17) is 9.47 Å². The fourth-order valence-electron chi connectivity index (χ4n) is 0.552. The zero-order chi connectivity index (χ0) is 6.95. The number of methoxy groups -OCH3 is 1. The predicted octanol–water partition coefficient (Wildman–Crippen LogP) is 1.45. The van der Waals surface area contributed by atoms with Crippen molar-refractivity contribution in [2.24, 2.45) is 0 Å². The van der Waals surface area contributed by atoms with Gasteiger partial charge >= 0.3 is 0 Å². The molecule has 0 atom stereocenters. The fraction of sp³-hybridized carbons (Fsp3) is 1.00. The number of hydrogen-bond acceptors (Lipinski definition) is 2. The molecule has 0 aliphatic carbocycles. The Kier molecular flexibility index (Phi) is 7.85. The maximum absolute atomic E-state index is 5.20. The highest BCUT2D eigenvalue weighted by atomic mass is 16.5. The van der Waals surface area contributed by atoms with E-state index in [0.717, 1.165) is 32.7 Å². The van der Waals surface area contributed by atoms with E-state index in [1.54, 1.807) is 7.11 Å². The van der Waals surface area contributed by atoms with Crippen LogP contribution in [0, 0.1) is 0 Å². The summed E-state index contributed by atoms with van der Waals surface area (Å²) in [6.45, 7) is 4.63. The standard InChI is InChI=1S/C7H16O2/c1-3-5-9-7-4-6-8-2/h3-7H2,1-2H3. The van der Waals surface area contributed by atoms with Gasteiger partial charge in [-0.25, -0.2) is 0 Å². The predicted molar refractivity (Wildman–Crippen MR) is 37.6 cm³/mol. The number of rotatable bonds is 6. The lowest BCUT2D eigenvalue weighted by atomic mass is 10.5. The summed E-state index contributed by atoms with van der Waals surface area (Å²) >= 11 is 0. The SMILES string of the molecule is CCCOCCCOC. The molecule has 0 N–H and O–H groups in total. The average Bonchev–Trinajstić information content (AvgIpc) is 1.89. The first-order valence-corrected chi connectivity index (χ1v) is 3.48. The van der Waals surface area contributed by atoms with E-state index in [9.17, 15) is 0 Å². The van der Waals surface area contributed by atoms with Crippen LogP contribution in [0.25, 0.3) is 0 Å². The first-order valence-electron chi connectivity index (χ1n) is 3.48. The smallest absolute Gasteiger partial charge is 0.0487 e. The summed E-state index contributed by atoms with van der Waals surface area (Å²) in [6, 6.07) is 0. The normalized spacial score (nSPS) is 10.0. The summed E-state index contributed by atoms with van der Waals surface area (Å²) < 4.78 is 10.0. The lowest BCUT2D eigenvalue weighted by Crippen LogP contribution is -1.99. The zero-order valence-corrected chi connectivity index (χ0v) is 6.35. The summed E-state index contributed by atoms with van der Waals surface area (Å²) in [5, 5.41) is 0. The Morgan fingerprint density at radius 2 is 1.89 bits per heavy atom. The third-order valence-corrected chi connectivity index (χ3v) is 0.986. The van der Waals surface area contributed by atoms with Gasteiger partial charge in [-0.2, -0.15) is 0 Å². The van der Waals surface area contributed by atoms with Gasteiger partial charge in [-0.15, -0.1) is 0 Å². The van der Waals surface area contributed by atoms with Crippen LogP contribution in [0.15, 0.2) is 0 Å². The maximum atomic E-state index is 5.20. The van der Waals surface area contributed by atoms with Crippen molar-refractivity contribution in [1.29, 1.82) is 0 Å². The van der Waals surface area contributed by atoms with Gasteiger partial charge in [0, 0.05) is 26.9 Å². The molecule has 0 aromatic carbocycles. The molecule has 0 spiro atoms. The molecule has 0 heterocycles. The molecule has 0 radical (unpaired) electrons. The lowest BCUT2D eigenvalue weighted by molar-refractivity contribution is 0.103. The zero-order valence-electron chi connectivity index (χ0n) is 6.35. The summed E-state index contributed by atoms with van der Waals surface area (Å²) in [5.74, 6) is 0. The van der Waals surface area contributed by atoms with E-state index in [-0.39, 0.29) is 0 Å². The molecular weight excluding hydrogens is 116 g/mol. The van der Waals surface area contributed by atoms with Crippen LogP contribution in [0.1, 0.15) is 19.8 Å². The molecule has 0 aromatic rings. The van der Waals surface area contributed by atoms with Crippen molar-refractivity contribution in [2.45, 2.75) is 19.8 Å². The summed E-state index contributed by atoms with van der Waals surface area (Å²) in [6.07, 6.45) is 2.11. The maximum Gasteiger partial charge on any atom is 0.0487 e. The van der Waals surface area contributed by atoms with Crippen molar-refractivity contribution in [3.05, 3.63) is 0 Å². The number of ether oxygens (including phenoxy) is 2. The van der Waals surface area contributed by atoms with E-state index in [2.05, 4.69) is 6.92 Å². The molecule has 0 rings (SSSR count). The van der Waals surface area contributed by atoms with Gasteiger partial charge in [0.25, 0.3) is 0 Å². The fourth-order valence-corrected chi connectivity index (χ4v) is 0.552. The van der Waals surface area contributed by atoms with Gasteiger partial charge in [-0.1, -0.05) is 6.92 Å². The Labute approximate surface area is 57.2 Å². The van der Waals surface area contributed by atoms with Gasteiger partial charge < -0.3 is 9.47 Å². The molecule has 0 unspecified atom stereocenters. The molecule has 0 saturated carbocycles. The molecule has 0 fully saturated rings. The molecular formula is C7H16O2. The largest absolute Gasteiger partial charge is 0.385 e. The van der Waals surface area contributed by atoms with Crippen LogP contribution in [-0.2, 0) is 9.47 Å². The monoisotopic (exact) mass is 132 g/mol. The Balaban J connectivity index is 2.60. The molecule has 0 saturated heterocycles. The Morgan fingerprint density at radius 3 is 2.44 bits per heavy atom. The second kappa shape index (κ2) is 7.92. The molecule has 0 aliphatic heterocycles. The summed E-state index contributed by atoms with van der Waals surface area (Å²) in [7, 11) is 1.71. The van der Waals surface area contributed by atoms with Crippen molar-refractivity contribution in [3.8, 4) is 0 Å². The lowest BCUT2D eigenvalue weighted by Gasteiger charge is -1.99. The van der Waals surface area contributed by atoms with Crippen molar-refractivity contribution in [3.63, 3.8) is 0 Å². The molecule has 2 heteroatoms. The quantitative estimate of drug-likeness (QED) is 0.509. The van der Waals surface area contributed by atoms with E-state index in [1.807, 2.05) is 0 Å². The third-order valence-electron chi connectivity index (χ3n) is 0.986. The minimum absolute atomic E-state index is 0.809. The van der Waals surface area contributed by atoms with Gasteiger partial charge in [0.2, 0.25) is 0 Å². The first-order chi connectivity index (χ1) is 4.41. The van der Waals surface area contributed by atoms with Crippen LogP contribution in [0.5, 0.6) is 0 Å². The second-order valence-electron chi connectivity index (χ2n) is 1.96. The summed E-state index contributed by atoms with van der Waals surface area (Å²) in [5.41, 5.74) is 0. The highest BCUT2D eigenvalue weighted by molar-refractivity contribution is 4.32. The second-order valence-corrected chi connectivity index (χ2v) is 1.96. The van der Waals surface area contributed by atoms with Gasteiger partial charge in [0.15, 0.2) is 0 Å². The van der Waals surface area contributed by atoms with Crippen LogP contribution < -0.4 is 0 Å². The van der Waals surface area contributed by atoms with E-state index >= 15 is 0 Å².